The Labute approximate surface area is 97.2 Å². The van der Waals surface area contributed by atoms with Crippen LogP contribution in [0.3, 0.4) is 0 Å². The molecule has 0 aromatic rings. The molecule has 2 unspecified atom stereocenters. The number of hydrogen-bond donors (Lipinski definition) is 2. The van der Waals surface area contributed by atoms with Crippen molar-refractivity contribution < 1.29 is 54.9 Å². The molecule has 0 aliphatic heterocycles. The van der Waals surface area contributed by atoms with Gasteiger partial charge in [-0.25, -0.2) is 18.4 Å². The normalized spacial score (nSPS) is 38.9. The quantitative estimate of drug-likeness (QED) is 0.758. The summed E-state index contributed by atoms with van der Waals surface area (Å²) in [6, 6.07) is 0. The molecule has 2 atom stereocenters. The van der Waals surface area contributed by atoms with Crippen LogP contribution in [0.4, 0.5) is 35.1 Å². The number of aliphatic carboxylic acids is 2. The van der Waals surface area contributed by atoms with Crippen molar-refractivity contribution in [1.29, 1.82) is 0 Å². The molecule has 0 bridgehead atoms. The minimum Gasteiger partial charge on any atom is -0.479 e. The average molecular weight is 302 g/mol. The molecule has 2 N–H and O–H groups in total. The first-order valence-electron chi connectivity index (χ1n) is 4.12. The van der Waals surface area contributed by atoms with Gasteiger partial charge in [0.05, 0.1) is 0 Å². The Bertz CT molecular complexity index is 422. The van der Waals surface area contributed by atoms with Crippen LogP contribution in [-0.4, -0.2) is 51.3 Å². The minimum atomic E-state index is -6.86. The van der Waals surface area contributed by atoms with Crippen molar-refractivity contribution in [1.82, 2.24) is 0 Å². The summed E-state index contributed by atoms with van der Waals surface area (Å²) in [4.78, 5) is 20.4. The molecule has 1 aliphatic carbocycles. The van der Waals surface area contributed by atoms with E-state index in [0.29, 0.717) is 0 Å². The van der Waals surface area contributed by atoms with E-state index in [9.17, 15) is 44.7 Å². The lowest BCUT2D eigenvalue weighted by Gasteiger charge is -2.29. The Morgan fingerprint density at radius 1 is 0.579 bits per heavy atom. The highest BCUT2D eigenvalue weighted by Crippen LogP contribution is 2.68. The van der Waals surface area contributed by atoms with Crippen LogP contribution < -0.4 is 0 Å². The SMILES string of the molecule is O=C(O)C1(F)C(F)(F)C(F)(F)C(F)(F)C1(F)C(=O)O. The standard InChI is InChI=1S/C7H2F8O4/c8-3(1(16)17)4(9,2(18)19)6(12,13)7(14,15)5(3,10)11/h(H,16,17)(H,18,19). The first-order chi connectivity index (χ1) is 8.14. The van der Waals surface area contributed by atoms with E-state index >= 15 is 0 Å². The van der Waals surface area contributed by atoms with E-state index in [1.54, 1.807) is 0 Å². The largest absolute Gasteiger partial charge is 0.479 e. The number of rotatable bonds is 2. The maximum Gasteiger partial charge on any atom is 0.380 e. The fourth-order valence-electron chi connectivity index (χ4n) is 1.63. The lowest BCUT2D eigenvalue weighted by atomic mass is 9.86. The van der Waals surface area contributed by atoms with E-state index in [0.717, 1.165) is 0 Å². The van der Waals surface area contributed by atoms with Crippen LogP contribution in [0.15, 0.2) is 0 Å². The second-order valence-electron chi connectivity index (χ2n) is 3.65. The van der Waals surface area contributed by atoms with Gasteiger partial charge < -0.3 is 10.2 Å². The van der Waals surface area contributed by atoms with Gasteiger partial charge in [0.15, 0.2) is 0 Å². The summed E-state index contributed by atoms with van der Waals surface area (Å²) in [6.45, 7) is 0. The monoisotopic (exact) mass is 302 g/mol. The van der Waals surface area contributed by atoms with Gasteiger partial charge in [0.25, 0.3) is 0 Å². The third-order valence-electron chi connectivity index (χ3n) is 2.72. The topological polar surface area (TPSA) is 74.6 Å². The zero-order valence-electron chi connectivity index (χ0n) is 8.23. The van der Waals surface area contributed by atoms with Crippen LogP contribution >= 0.6 is 0 Å². The predicted molar refractivity (Wildman–Crippen MR) is 37.8 cm³/mol. The lowest BCUT2D eigenvalue weighted by molar-refractivity contribution is -0.291. The number of carboxylic acid groups (broad SMARTS) is 2. The second-order valence-corrected chi connectivity index (χ2v) is 3.65. The van der Waals surface area contributed by atoms with E-state index in [1.807, 2.05) is 0 Å². The van der Waals surface area contributed by atoms with Crippen molar-refractivity contribution in [2.24, 2.45) is 0 Å². The van der Waals surface area contributed by atoms with E-state index < -0.39 is 41.0 Å². The fraction of sp³-hybridized carbons (Fsp3) is 0.714. The Hall–Kier alpha value is -1.62. The Morgan fingerprint density at radius 3 is 0.947 bits per heavy atom. The summed E-state index contributed by atoms with van der Waals surface area (Å²) in [5, 5.41) is 16.1. The minimum absolute atomic E-state index is 3.79. The summed E-state index contributed by atoms with van der Waals surface area (Å²) in [5.41, 5.74) is -12.7. The molecule has 0 amide bonds. The van der Waals surface area contributed by atoms with Gasteiger partial charge in [0.2, 0.25) is 0 Å². The summed E-state index contributed by atoms with van der Waals surface area (Å²) in [7, 11) is 0. The lowest BCUT2D eigenvalue weighted by Crippen LogP contribution is -2.65. The number of alkyl halides is 8. The molecule has 0 saturated heterocycles. The van der Waals surface area contributed by atoms with Crippen LogP contribution in [0.25, 0.3) is 0 Å². The first-order valence-corrected chi connectivity index (χ1v) is 4.12. The molecule has 0 heterocycles. The molecule has 12 heteroatoms. The molecule has 0 radical (unpaired) electrons. The van der Waals surface area contributed by atoms with Crippen molar-refractivity contribution in [3.05, 3.63) is 0 Å². The number of halogens is 8. The van der Waals surface area contributed by atoms with Crippen LogP contribution in [0, 0.1) is 0 Å². The highest BCUT2D eigenvalue weighted by atomic mass is 19.4. The summed E-state index contributed by atoms with van der Waals surface area (Å²) < 4.78 is 104. The molecule has 1 fully saturated rings. The van der Waals surface area contributed by atoms with Crippen LogP contribution in [-0.2, 0) is 9.59 Å². The van der Waals surface area contributed by atoms with Gasteiger partial charge in [-0.3, -0.25) is 0 Å². The number of carboxylic acids is 2. The molecule has 0 aromatic carbocycles. The Morgan fingerprint density at radius 2 is 0.789 bits per heavy atom. The zero-order valence-corrected chi connectivity index (χ0v) is 8.23. The summed E-state index contributed by atoms with van der Waals surface area (Å²) in [6.07, 6.45) is 0. The fourth-order valence-corrected chi connectivity index (χ4v) is 1.63. The second kappa shape index (κ2) is 3.28. The molecule has 1 aliphatic rings. The maximum absolute atomic E-state index is 13.4. The number of hydrogen-bond acceptors (Lipinski definition) is 2. The highest BCUT2D eigenvalue weighted by Gasteiger charge is 3.04. The van der Waals surface area contributed by atoms with Gasteiger partial charge >= 0.3 is 41.0 Å². The first kappa shape index (κ1) is 15.4. The van der Waals surface area contributed by atoms with E-state index in [2.05, 4.69) is 0 Å². The van der Waals surface area contributed by atoms with E-state index in [4.69, 9.17) is 10.2 Å². The molecular weight excluding hydrogens is 300 g/mol. The smallest absolute Gasteiger partial charge is 0.380 e. The van der Waals surface area contributed by atoms with Crippen molar-refractivity contribution >= 4 is 11.9 Å². The van der Waals surface area contributed by atoms with Crippen molar-refractivity contribution in [2.45, 2.75) is 29.1 Å². The van der Waals surface area contributed by atoms with Crippen LogP contribution in [0.2, 0.25) is 0 Å². The van der Waals surface area contributed by atoms with Crippen molar-refractivity contribution in [3.8, 4) is 0 Å². The highest BCUT2D eigenvalue weighted by molar-refractivity contribution is 5.95. The molecule has 1 rings (SSSR count). The van der Waals surface area contributed by atoms with Gasteiger partial charge in [0.1, 0.15) is 0 Å². The Balaban J connectivity index is 3.90. The van der Waals surface area contributed by atoms with E-state index in [1.165, 1.54) is 0 Å². The molecule has 1 saturated carbocycles. The summed E-state index contributed by atoms with van der Waals surface area (Å²) >= 11 is 0. The molecule has 0 spiro atoms. The van der Waals surface area contributed by atoms with Gasteiger partial charge in [-0.1, -0.05) is 0 Å². The molecule has 4 nitrogen and oxygen atoms in total. The average Bonchev–Trinajstić information content (AvgIpc) is 2.29. The third-order valence-corrected chi connectivity index (χ3v) is 2.72. The van der Waals surface area contributed by atoms with Gasteiger partial charge in [-0.15, -0.1) is 0 Å². The van der Waals surface area contributed by atoms with Crippen LogP contribution in [0.1, 0.15) is 0 Å². The van der Waals surface area contributed by atoms with Gasteiger partial charge in [0, 0.05) is 0 Å². The summed E-state index contributed by atoms with van der Waals surface area (Å²) in [5.74, 6) is -28.0. The molecule has 19 heavy (non-hydrogen) atoms. The van der Waals surface area contributed by atoms with Gasteiger partial charge in [-0.2, -0.15) is 26.3 Å². The van der Waals surface area contributed by atoms with Gasteiger partial charge in [-0.05, 0) is 0 Å². The van der Waals surface area contributed by atoms with Crippen molar-refractivity contribution in [2.75, 3.05) is 0 Å². The number of carbonyl (C=O) groups is 2. The Kier molecular flexibility index (Phi) is 2.66. The molecule has 110 valence electrons. The molecule has 0 aromatic heterocycles. The van der Waals surface area contributed by atoms with Crippen molar-refractivity contribution in [3.63, 3.8) is 0 Å². The zero-order chi connectivity index (χ0) is 15.7. The van der Waals surface area contributed by atoms with E-state index in [-0.39, 0.29) is 0 Å². The van der Waals surface area contributed by atoms with Crippen LogP contribution in [0.5, 0.6) is 0 Å². The third kappa shape index (κ3) is 1.10. The maximum atomic E-state index is 13.4. The molecular formula is C7H2F8O4. The predicted octanol–water partition coefficient (Wildman–Crippen LogP) is 1.49.